The molecule has 0 unspecified atom stereocenters. The molecule has 0 aliphatic heterocycles. The lowest BCUT2D eigenvalue weighted by molar-refractivity contribution is 0.0973. The van der Waals surface area contributed by atoms with Crippen LogP contribution in [0.25, 0.3) is 17.0 Å². The molecule has 0 saturated carbocycles. The molecule has 4 N–H and O–H groups in total. The molecule has 0 atom stereocenters. The summed E-state index contributed by atoms with van der Waals surface area (Å²) >= 11 is 0. The number of benzene rings is 1. The molecule has 0 radical (unpaired) electrons. The van der Waals surface area contributed by atoms with Crippen LogP contribution >= 0.6 is 0 Å². The van der Waals surface area contributed by atoms with E-state index < -0.39 is 0 Å². The number of hydrogen-bond acceptors (Lipinski definition) is 6. The number of carbonyl (C=O) groups is 1. The highest BCUT2D eigenvalue weighted by Crippen LogP contribution is 2.20. The van der Waals surface area contributed by atoms with Crippen LogP contribution in [0, 0.1) is 0 Å². The van der Waals surface area contributed by atoms with Crippen molar-refractivity contribution in [2.75, 3.05) is 11.5 Å². The first-order valence-corrected chi connectivity index (χ1v) is 7.63. The summed E-state index contributed by atoms with van der Waals surface area (Å²) in [6, 6.07) is 12.5. The molecule has 3 heterocycles. The molecule has 1 aromatic carbocycles. The summed E-state index contributed by atoms with van der Waals surface area (Å²) in [6.45, 7) is 0.0984. The number of rotatable bonds is 4. The van der Waals surface area contributed by atoms with Gasteiger partial charge in [0, 0.05) is 24.0 Å². The van der Waals surface area contributed by atoms with Crippen LogP contribution in [0.3, 0.4) is 0 Å². The van der Waals surface area contributed by atoms with Crippen LogP contribution in [0.5, 0.6) is 0 Å². The van der Waals surface area contributed by atoms with Crippen molar-refractivity contribution in [1.82, 2.24) is 24.3 Å². The Labute approximate surface area is 142 Å². The Morgan fingerprint density at radius 1 is 1.04 bits per heavy atom. The van der Waals surface area contributed by atoms with E-state index in [1.54, 1.807) is 33.6 Å². The Hall–Kier alpha value is -3.68. The molecule has 0 amide bonds. The molecule has 8 heteroatoms. The zero-order chi connectivity index (χ0) is 17.4. The Morgan fingerprint density at radius 2 is 1.88 bits per heavy atom. The number of fused-ring (bicyclic) bond motifs is 1. The van der Waals surface area contributed by atoms with Crippen LogP contribution < -0.4 is 11.5 Å². The van der Waals surface area contributed by atoms with Crippen LogP contribution in [0.1, 0.15) is 10.4 Å². The smallest absolute Gasteiger partial charge is 0.232 e. The lowest BCUT2D eigenvalue weighted by Crippen LogP contribution is -2.15. The molecule has 25 heavy (non-hydrogen) atoms. The van der Waals surface area contributed by atoms with Crippen LogP contribution in [-0.4, -0.2) is 30.1 Å². The Bertz CT molecular complexity index is 1060. The maximum absolute atomic E-state index is 12.7. The lowest BCUT2D eigenvalue weighted by atomic mass is 10.2. The summed E-state index contributed by atoms with van der Waals surface area (Å²) in [5, 5.41) is 4.20. The molecule has 8 nitrogen and oxygen atoms in total. The zero-order valence-electron chi connectivity index (χ0n) is 13.2. The second-order valence-electron chi connectivity index (χ2n) is 5.57. The zero-order valence-corrected chi connectivity index (χ0v) is 13.2. The Kier molecular flexibility index (Phi) is 3.42. The van der Waals surface area contributed by atoms with Crippen LogP contribution in [0.15, 0.2) is 54.9 Å². The molecular weight excluding hydrogens is 318 g/mol. The molecule has 0 aliphatic rings. The largest absolute Gasteiger partial charge is 0.384 e. The summed E-state index contributed by atoms with van der Waals surface area (Å²) in [6.07, 6.45) is 3.19. The molecule has 0 fully saturated rings. The third-order valence-electron chi connectivity index (χ3n) is 3.86. The van der Waals surface area contributed by atoms with Crippen molar-refractivity contribution in [3.8, 4) is 5.95 Å². The number of ketones is 1. The predicted molar refractivity (Wildman–Crippen MR) is 94.2 cm³/mol. The van der Waals surface area contributed by atoms with Crippen LogP contribution in [-0.2, 0) is 6.54 Å². The van der Waals surface area contributed by atoms with Crippen LogP contribution in [0.2, 0.25) is 0 Å². The average molecular weight is 333 g/mol. The number of aromatic nitrogens is 5. The first kappa shape index (κ1) is 14.9. The van der Waals surface area contributed by atoms with Gasteiger partial charge in [0.05, 0.1) is 17.6 Å². The van der Waals surface area contributed by atoms with E-state index in [-0.39, 0.29) is 12.3 Å². The summed E-state index contributed by atoms with van der Waals surface area (Å²) in [5.74, 6) is 1.18. The number of carbonyl (C=O) groups excluding carboxylic acids is 1. The van der Waals surface area contributed by atoms with Crippen molar-refractivity contribution in [3.05, 3.63) is 60.4 Å². The van der Waals surface area contributed by atoms with E-state index >= 15 is 0 Å². The second kappa shape index (κ2) is 5.75. The number of nitrogens with zero attached hydrogens (tertiary/aromatic N) is 5. The summed E-state index contributed by atoms with van der Waals surface area (Å²) < 4.78 is 3.37. The van der Waals surface area contributed by atoms with Crippen molar-refractivity contribution >= 4 is 28.5 Å². The number of nitrogens with two attached hydrogens (primary N) is 2. The van der Waals surface area contributed by atoms with Crippen molar-refractivity contribution < 1.29 is 4.79 Å². The number of para-hydroxylation sites is 2. The minimum absolute atomic E-state index is 0.0984. The Balaban J connectivity index is 1.79. The minimum atomic E-state index is -0.1000. The van der Waals surface area contributed by atoms with Gasteiger partial charge in [0.25, 0.3) is 0 Å². The fraction of sp³-hybridized carbons (Fsp3) is 0.0588. The number of pyridine rings is 1. The fourth-order valence-corrected chi connectivity index (χ4v) is 2.65. The molecule has 0 aliphatic carbocycles. The van der Waals surface area contributed by atoms with Gasteiger partial charge in [-0.25, -0.2) is 14.6 Å². The topological polar surface area (TPSA) is 118 Å². The van der Waals surface area contributed by atoms with Gasteiger partial charge < -0.3 is 16.0 Å². The van der Waals surface area contributed by atoms with Crippen molar-refractivity contribution in [3.63, 3.8) is 0 Å². The van der Waals surface area contributed by atoms with E-state index in [4.69, 9.17) is 11.5 Å². The van der Waals surface area contributed by atoms with Crippen molar-refractivity contribution in [2.24, 2.45) is 0 Å². The number of hydrogen-bond donors (Lipinski definition) is 2. The van der Waals surface area contributed by atoms with Gasteiger partial charge in [-0.3, -0.25) is 4.79 Å². The normalized spacial score (nSPS) is 11.0. The number of nitrogen functional groups attached to an aromatic ring is 2. The van der Waals surface area contributed by atoms with Gasteiger partial charge in [0.15, 0.2) is 5.78 Å². The van der Waals surface area contributed by atoms with Gasteiger partial charge in [0.1, 0.15) is 11.6 Å². The fourth-order valence-electron chi connectivity index (χ4n) is 2.65. The first-order valence-electron chi connectivity index (χ1n) is 7.63. The maximum atomic E-state index is 12.7. The van der Waals surface area contributed by atoms with Gasteiger partial charge in [-0.05, 0) is 24.3 Å². The number of imidazole rings is 1. The monoisotopic (exact) mass is 333 g/mol. The highest BCUT2D eigenvalue weighted by Gasteiger charge is 2.17. The summed E-state index contributed by atoms with van der Waals surface area (Å²) in [4.78, 5) is 21.2. The Morgan fingerprint density at radius 3 is 2.60 bits per heavy atom. The highest BCUT2D eigenvalue weighted by molar-refractivity contribution is 5.96. The maximum Gasteiger partial charge on any atom is 0.232 e. The van der Waals surface area contributed by atoms with Gasteiger partial charge in [-0.2, -0.15) is 0 Å². The third kappa shape index (κ3) is 2.69. The molecule has 124 valence electrons. The molecule has 0 spiro atoms. The third-order valence-corrected chi connectivity index (χ3v) is 3.86. The molecule has 4 aromatic rings. The van der Waals surface area contributed by atoms with E-state index in [0.29, 0.717) is 23.1 Å². The molecule has 3 aromatic heterocycles. The second-order valence-corrected chi connectivity index (χ2v) is 5.57. The molecular formula is C17H15N7O. The number of Topliss-reactive ketones (excluding diaryl/α,β-unsaturated/α-hetero) is 1. The van der Waals surface area contributed by atoms with Crippen molar-refractivity contribution in [2.45, 2.75) is 6.54 Å². The van der Waals surface area contributed by atoms with E-state index in [9.17, 15) is 4.79 Å². The SMILES string of the molecule is Nc1ccc(C(=O)Cn2c(-n3ccc(N)n3)nc3ccccc32)cn1. The predicted octanol–water partition coefficient (Wildman–Crippen LogP) is 1.66. The summed E-state index contributed by atoms with van der Waals surface area (Å²) in [5.41, 5.74) is 13.4. The van der Waals surface area contributed by atoms with Gasteiger partial charge in [-0.1, -0.05) is 12.1 Å². The van der Waals surface area contributed by atoms with E-state index in [0.717, 1.165) is 11.0 Å². The van der Waals surface area contributed by atoms with E-state index in [1.165, 1.54) is 6.20 Å². The minimum Gasteiger partial charge on any atom is -0.384 e. The first-order chi connectivity index (χ1) is 12.1. The molecule has 0 saturated heterocycles. The van der Waals surface area contributed by atoms with Crippen molar-refractivity contribution in [1.29, 1.82) is 0 Å². The molecule has 0 bridgehead atoms. The van der Waals surface area contributed by atoms with Gasteiger partial charge >= 0.3 is 0 Å². The quantitative estimate of drug-likeness (QED) is 0.548. The van der Waals surface area contributed by atoms with Gasteiger partial charge in [0.2, 0.25) is 5.95 Å². The van der Waals surface area contributed by atoms with E-state index in [1.807, 2.05) is 24.3 Å². The lowest BCUT2D eigenvalue weighted by Gasteiger charge is -2.08. The summed E-state index contributed by atoms with van der Waals surface area (Å²) in [7, 11) is 0. The highest BCUT2D eigenvalue weighted by atomic mass is 16.1. The van der Waals surface area contributed by atoms with Gasteiger partial charge in [-0.15, -0.1) is 5.10 Å². The average Bonchev–Trinajstić information content (AvgIpc) is 3.19. The number of anilines is 2. The standard InChI is InChI=1S/C17H15N7O/c18-15-6-5-11(9-20-15)14(25)10-23-13-4-2-1-3-12(13)21-17(23)24-8-7-16(19)22-24/h1-9H,10H2,(H2,18,20)(H2,19,22). The van der Waals surface area contributed by atoms with Crippen LogP contribution in [0.4, 0.5) is 11.6 Å². The van der Waals surface area contributed by atoms with E-state index in [2.05, 4.69) is 15.1 Å². The molecule has 4 rings (SSSR count).